The third kappa shape index (κ3) is 4.79. The van der Waals surface area contributed by atoms with E-state index in [2.05, 4.69) is 5.32 Å². The fourth-order valence-electron chi connectivity index (χ4n) is 2.24. The SMILES string of the molecule is CSc1ccc(C(=O)N(C)CC(=O)Nc2cccc(F)c2)cc1[N+](=O)[O-]. The molecule has 0 spiro atoms. The number of nitro groups is 1. The molecular formula is C17H16FN3O4S. The minimum atomic E-state index is -0.556. The highest BCUT2D eigenvalue weighted by Gasteiger charge is 2.20. The van der Waals surface area contributed by atoms with Crippen molar-refractivity contribution < 1.29 is 18.9 Å². The van der Waals surface area contributed by atoms with Crippen LogP contribution in [0.5, 0.6) is 0 Å². The van der Waals surface area contributed by atoms with Crippen LogP contribution in [0.2, 0.25) is 0 Å². The molecule has 2 amide bonds. The summed E-state index contributed by atoms with van der Waals surface area (Å²) in [6.45, 7) is -0.284. The Kier molecular flexibility index (Phi) is 6.29. The Morgan fingerprint density at radius 2 is 2.00 bits per heavy atom. The van der Waals surface area contributed by atoms with Crippen molar-refractivity contribution in [2.24, 2.45) is 0 Å². The maximum absolute atomic E-state index is 13.1. The standard InChI is InChI=1S/C17H16FN3O4S/c1-20(10-16(22)19-13-5-3-4-12(18)9-13)17(23)11-6-7-15(26-2)14(8-11)21(24)25/h3-9H,10H2,1-2H3,(H,19,22). The number of hydrogen-bond acceptors (Lipinski definition) is 5. The predicted molar refractivity (Wildman–Crippen MR) is 96.9 cm³/mol. The molecule has 9 heteroatoms. The van der Waals surface area contributed by atoms with Crippen LogP contribution >= 0.6 is 11.8 Å². The van der Waals surface area contributed by atoms with E-state index < -0.39 is 22.6 Å². The largest absolute Gasteiger partial charge is 0.332 e. The Morgan fingerprint density at radius 3 is 2.62 bits per heavy atom. The minimum absolute atomic E-state index is 0.107. The number of halogens is 1. The summed E-state index contributed by atoms with van der Waals surface area (Å²) in [5.74, 6) is -1.54. The van der Waals surface area contributed by atoms with Gasteiger partial charge in [0.05, 0.1) is 16.4 Å². The van der Waals surface area contributed by atoms with Crippen molar-refractivity contribution in [3.63, 3.8) is 0 Å². The number of hydrogen-bond donors (Lipinski definition) is 1. The first-order chi connectivity index (χ1) is 12.3. The molecule has 0 unspecified atom stereocenters. The van der Waals surface area contributed by atoms with Gasteiger partial charge in [0, 0.05) is 24.4 Å². The van der Waals surface area contributed by atoms with E-state index in [0.29, 0.717) is 4.90 Å². The van der Waals surface area contributed by atoms with E-state index in [9.17, 15) is 24.1 Å². The number of benzene rings is 2. The van der Waals surface area contributed by atoms with E-state index in [1.54, 1.807) is 6.26 Å². The Hall–Kier alpha value is -2.94. The average molecular weight is 377 g/mol. The predicted octanol–water partition coefficient (Wildman–Crippen LogP) is 3.17. The first-order valence-corrected chi connectivity index (χ1v) is 8.67. The third-order valence-corrected chi connectivity index (χ3v) is 4.24. The van der Waals surface area contributed by atoms with Crippen LogP contribution in [0.3, 0.4) is 0 Å². The number of anilines is 1. The van der Waals surface area contributed by atoms with Crippen LogP contribution in [-0.4, -0.2) is 41.5 Å². The van der Waals surface area contributed by atoms with E-state index in [-0.39, 0.29) is 23.5 Å². The van der Waals surface area contributed by atoms with Crippen LogP contribution in [0.25, 0.3) is 0 Å². The van der Waals surface area contributed by atoms with E-state index >= 15 is 0 Å². The molecule has 2 aromatic carbocycles. The van der Waals surface area contributed by atoms with Gasteiger partial charge in [-0.05, 0) is 36.6 Å². The second-order valence-electron chi connectivity index (χ2n) is 5.36. The van der Waals surface area contributed by atoms with Gasteiger partial charge in [-0.3, -0.25) is 19.7 Å². The third-order valence-electron chi connectivity index (χ3n) is 3.46. The molecule has 0 atom stereocenters. The monoisotopic (exact) mass is 377 g/mol. The van der Waals surface area contributed by atoms with E-state index in [1.807, 2.05) is 0 Å². The van der Waals surface area contributed by atoms with Crippen LogP contribution in [0.1, 0.15) is 10.4 Å². The van der Waals surface area contributed by atoms with E-state index in [4.69, 9.17) is 0 Å². The molecule has 1 N–H and O–H groups in total. The number of nitrogens with zero attached hydrogens (tertiary/aromatic N) is 2. The Bertz CT molecular complexity index is 860. The molecule has 0 aliphatic rings. The molecule has 0 saturated heterocycles. The van der Waals surface area contributed by atoms with Gasteiger partial charge in [0.2, 0.25) is 5.91 Å². The van der Waals surface area contributed by atoms with Crippen LogP contribution in [-0.2, 0) is 4.79 Å². The Balaban J connectivity index is 2.08. The molecule has 2 rings (SSSR count). The van der Waals surface area contributed by atoms with Gasteiger partial charge < -0.3 is 10.2 Å². The highest BCUT2D eigenvalue weighted by atomic mass is 32.2. The molecule has 26 heavy (non-hydrogen) atoms. The number of carbonyl (C=O) groups excluding carboxylic acids is 2. The number of nitrogens with one attached hydrogen (secondary N) is 1. The van der Waals surface area contributed by atoms with Crippen LogP contribution in [0.15, 0.2) is 47.4 Å². The van der Waals surface area contributed by atoms with Crippen molar-refractivity contribution in [2.75, 3.05) is 25.2 Å². The van der Waals surface area contributed by atoms with E-state index in [1.165, 1.54) is 55.2 Å². The smallest absolute Gasteiger partial charge is 0.283 e. The number of carbonyl (C=O) groups is 2. The molecule has 0 saturated carbocycles. The van der Waals surface area contributed by atoms with Crippen molar-refractivity contribution in [3.05, 3.63) is 64.0 Å². The molecule has 0 heterocycles. The Morgan fingerprint density at radius 1 is 1.27 bits per heavy atom. The number of rotatable bonds is 6. The first-order valence-electron chi connectivity index (χ1n) is 7.45. The molecule has 0 bridgehead atoms. The summed E-state index contributed by atoms with van der Waals surface area (Å²) in [5, 5.41) is 13.6. The zero-order valence-electron chi connectivity index (χ0n) is 14.1. The lowest BCUT2D eigenvalue weighted by Gasteiger charge is -2.17. The molecule has 0 aromatic heterocycles. The lowest BCUT2D eigenvalue weighted by molar-refractivity contribution is -0.387. The van der Waals surface area contributed by atoms with Crippen molar-refractivity contribution >= 4 is 35.0 Å². The summed E-state index contributed by atoms with van der Waals surface area (Å²) in [6.07, 6.45) is 1.70. The molecule has 0 aliphatic carbocycles. The molecular weight excluding hydrogens is 361 g/mol. The summed E-state index contributed by atoms with van der Waals surface area (Å²) in [7, 11) is 1.40. The maximum atomic E-state index is 13.1. The van der Waals surface area contributed by atoms with Crippen molar-refractivity contribution in [2.45, 2.75) is 4.90 Å². The van der Waals surface area contributed by atoms with Gasteiger partial charge in [0.25, 0.3) is 11.6 Å². The summed E-state index contributed by atoms with van der Waals surface area (Å²) >= 11 is 1.20. The lowest BCUT2D eigenvalue weighted by atomic mass is 10.2. The van der Waals surface area contributed by atoms with Crippen LogP contribution < -0.4 is 5.32 Å². The van der Waals surface area contributed by atoms with Crippen LogP contribution in [0.4, 0.5) is 15.8 Å². The number of likely N-dealkylation sites (N-methyl/N-ethyl adjacent to an activating group) is 1. The quantitative estimate of drug-likeness (QED) is 0.474. The first kappa shape index (κ1) is 19.4. The summed E-state index contributed by atoms with van der Waals surface area (Å²) < 4.78 is 13.1. The van der Waals surface area contributed by atoms with E-state index in [0.717, 1.165) is 11.0 Å². The molecule has 7 nitrogen and oxygen atoms in total. The maximum Gasteiger partial charge on any atom is 0.283 e. The van der Waals surface area contributed by atoms with Gasteiger partial charge in [0.1, 0.15) is 5.82 Å². The van der Waals surface area contributed by atoms with Crippen LogP contribution in [0, 0.1) is 15.9 Å². The van der Waals surface area contributed by atoms with Gasteiger partial charge in [-0.1, -0.05) is 6.07 Å². The number of amides is 2. The zero-order valence-corrected chi connectivity index (χ0v) is 14.9. The summed E-state index contributed by atoms with van der Waals surface area (Å²) in [4.78, 5) is 36.5. The number of thioether (sulfide) groups is 1. The molecule has 0 fully saturated rings. The second-order valence-corrected chi connectivity index (χ2v) is 6.21. The number of nitro benzene ring substituents is 1. The summed E-state index contributed by atoms with van der Waals surface area (Å²) in [5.41, 5.74) is 0.215. The fraction of sp³-hybridized carbons (Fsp3) is 0.176. The molecule has 136 valence electrons. The van der Waals surface area contributed by atoms with Gasteiger partial charge in [-0.15, -0.1) is 11.8 Å². The van der Waals surface area contributed by atoms with Crippen molar-refractivity contribution in [3.8, 4) is 0 Å². The normalized spacial score (nSPS) is 10.3. The van der Waals surface area contributed by atoms with Gasteiger partial charge >= 0.3 is 0 Å². The molecule has 0 radical (unpaired) electrons. The summed E-state index contributed by atoms with van der Waals surface area (Å²) in [6, 6.07) is 9.54. The molecule has 2 aromatic rings. The fourth-order valence-corrected chi connectivity index (χ4v) is 2.79. The van der Waals surface area contributed by atoms with Gasteiger partial charge in [-0.2, -0.15) is 0 Å². The zero-order chi connectivity index (χ0) is 19.3. The Labute approximate surface area is 153 Å². The van der Waals surface area contributed by atoms with Gasteiger partial charge in [-0.25, -0.2) is 4.39 Å². The van der Waals surface area contributed by atoms with Crippen molar-refractivity contribution in [1.82, 2.24) is 4.90 Å². The highest BCUT2D eigenvalue weighted by Crippen LogP contribution is 2.28. The lowest BCUT2D eigenvalue weighted by Crippen LogP contribution is -2.35. The second kappa shape index (κ2) is 8.43. The topological polar surface area (TPSA) is 92.6 Å². The van der Waals surface area contributed by atoms with Gasteiger partial charge in [0.15, 0.2) is 0 Å². The highest BCUT2D eigenvalue weighted by molar-refractivity contribution is 7.98. The molecule has 0 aliphatic heterocycles. The average Bonchev–Trinajstić information content (AvgIpc) is 2.60. The minimum Gasteiger partial charge on any atom is -0.332 e. The van der Waals surface area contributed by atoms with Crippen molar-refractivity contribution in [1.29, 1.82) is 0 Å².